The number of hydrogen-bond donors (Lipinski definition) is 0. The van der Waals surface area contributed by atoms with Crippen LogP contribution in [-0.4, -0.2) is 18.4 Å². The summed E-state index contributed by atoms with van der Waals surface area (Å²) in [6, 6.07) is 14.6. The monoisotopic (exact) mass is 576 g/mol. The average molecular weight is 577 g/mol. The summed E-state index contributed by atoms with van der Waals surface area (Å²) < 4.78 is 5.98. The van der Waals surface area contributed by atoms with Crippen LogP contribution in [0.2, 0.25) is 0 Å². The fraction of sp³-hybridized carbons (Fsp3) is 0.417. The largest absolute Gasteiger partial charge is 0.480 e. The molecule has 0 radical (unpaired) electrons. The summed E-state index contributed by atoms with van der Waals surface area (Å²) in [5, 5.41) is 28.8. The Morgan fingerprint density at radius 2 is 1.76 bits per heavy atom. The van der Waals surface area contributed by atoms with Crippen molar-refractivity contribution in [2.24, 2.45) is 0 Å². The molecule has 1 aromatic carbocycles. The number of allylic oxidation sites excluding steroid dienone is 8. The summed E-state index contributed by atoms with van der Waals surface area (Å²) in [6.45, 7) is 10.6. The van der Waals surface area contributed by atoms with Crippen LogP contribution in [0.4, 0.5) is 5.69 Å². The van der Waals surface area contributed by atoms with E-state index in [1.165, 1.54) is 52.3 Å². The van der Waals surface area contributed by atoms with Crippen molar-refractivity contribution in [2.75, 3.05) is 17.7 Å². The van der Waals surface area contributed by atoms with Gasteiger partial charge in [-0.25, -0.2) is 0 Å². The predicted octanol–water partition coefficient (Wildman–Crippen LogP) is 9.07. The summed E-state index contributed by atoms with van der Waals surface area (Å²) in [5.74, 6) is 1.14. The zero-order chi connectivity index (χ0) is 30.5. The van der Waals surface area contributed by atoms with E-state index in [1.807, 2.05) is 43.8 Å². The molecule has 0 spiro atoms. The molecule has 4 rings (SSSR count). The smallest absolute Gasteiger partial charge is 0.172 e. The molecule has 2 heterocycles. The first-order valence-electron chi connectivity index (χ1n) is 14.8. The molecule has 0 amide bonds. The minimum atomic E-state index is -0.823. The maximum atomic E-state index is 9.97. The van der Waals surface area contributed by atoms with E-state index in [0.29, 0.717) is 5.57 Å². The molecule has 0 saturated heterocycles. The summed E-state index contributed by atoms with van der Waals surface area (Å²) in [5.41, 5.74) is 6.37. The van der Waals surface area contributed by atoms with Gasteiger partial charge in [0.15, 0.2) is 11.3 Å². The first-order valence-corrected chi connectivity index (χ1v) is 15.8. The maximum absolute atomic E-state index is 9.97. The number of anilines is 1. The van der Waals surface area contributed by atoms with Crippen LogP contribution in [0.1, 0.15) is 78.7 Å². The summed E-state index contributed by atoms with van der Waals surface area (Å²) in [7, 11) is 2.15. The third-order valence-corrected chi connectivity index (χ3v) is 9.67. The molecule has 2 aliphatic heterocycles. The Labute approximate surface area is 255 Å². The second-order valence-electron chi connectivity index (χ2n) is 12.0. The molecular formula is C36H40N4OS. The highest BCUT2D eigenvalue weighted by molar-refractivity contribution is 8.03. The fourth-order valence-corrected chi connectivity index (χ4v) is 7.34. The van der Waals surface area contributed by atoms with Crippen LogP contribution in [0, 0.1) is 34.0 Å². The Balaban J connectivity index is 1.77. The number of nitrogens with zero attached hydrogens (tertiary/aromatic N) is 4. The molecule has 216 valence electrons. The highest BCUT2D eigenvalue weighted by atomic mass is 32.2. The van der Waals surface area contributed by atoms with Gasteiger partial charge in [-0.1, -0.05) is 70.0 Å². The number of para-hydroxylation sites is 1. The minimum absolute atomic E-state index is 0.0791. The van der Waals surface area contributed by atoms with Crippen molar-refractivity contribution < 1.29 is 4.74 Å². The zero-order valence-corrected chi connectivity index (χ0v) is 26.5. The Hall–Kier alpha value is -3.92. The molecule has 0 fully saturated rings. The van der Waals surface area contributed by atoms with Crippen molar-refractivity contribution in [3.8, 4) is 18.2 Å². The highest BCUT2D eigenvalue weighted by Crippen LogP contribution is 2.47. The standard InChI is InChI=1S/C36H40N4OS/c1-7-8-11-21-42-34-25(17-19-29-28(24-39)33(27(22-37)23-38)41-36(29,4)5)13-12-14-26(34)18-20-32-35(2,3)30-15-9-10-16-31(30)40(32)6/h9-10,15-20H,7-8,11-14,21H2,1-6H3/b19-17+,26-18+,32-20+. The lowest BCUT2D eigenvalue weighted by molar-refractivity contribution is 0.0954. The van der Waals surface area contributed by atoms with Crippen molar-refractivity contribution in [3.05, 3.63) is 98.4 Å². The number of unbranched alkanes of at least 4 members (excludes halogenated alkanes) is 2. The number of hydrogen-bond acceptors (Lipinski definition) is 6. The molecule has 5 nitrogen and oxygen atoms in total. The van der Waals surface area contributed by atoms with Crippen LogP contribution in [0.3, 0.4) is 0 Å². The van der Waals surface area contributed by atoms with Crippen molar-refractivity contribution in [1.82, 2.24) is 0 Å². The van der Waals surface area contributed by atoms with Gasteiger partial charge in [-0.2, -0.15) is 15.8 Å². The molecule has 3 aliphatic rings. The SMILES string of the molecule is CCCCCSC1=C(/C=C/C2=C(C#N)C(=C(C#N)C#N)OC2(C)C)CCC/C1=C\C=C1\N(C)c2ccccc2C1(C)C. The summed E-state index contributed by atoms with van der Waals surface area (Å²) in [6.07, 6.45) is 15.3. The van der Waals surface area contributed by atoms with Gasteiger partial charge in [-0.3, -0.25) is 0 Å². The van der Waals surface area contributed by atoms with Crippen LogP contribution in [0.5, 0.6) is 0 Å². The Morgan fingerprint density at radius 3 is 2.43 bits per heavy atom. The lowest BCUT2D eigenvalue weighted by atomic mass is 9.83. The Kier molecular flexibility index (Phi) is 9.56. The van der Waals surface area contributed by atoms with E-state index in [2.05, 4.69) is 81.3 Å². The quantitative estimate of drug-likeness (QED) is 0.227. The molecule has 0 unspecified atom stereocenters. The van der Waals surface area contributed by atoms with Crippen LogP contribution in [0.25, 0.3) is 0 Å². The van der Waals surface area contributed by atoms with E-state index in [-0.39, 0.29) is 22.3 Å². The van der Waals surface area contributed by atoms with Crippen LogP contribution >= 0.6 is 11.8 Å². The van der Waals surface area contributed by atoms with E-state index >= 15 is 0 Å². The number of benzene rings is 1. The van der Waals surface area contributed by atoms with Gasteiger partial charge >= 0.3 is 0 Å². The molecule has 0 bridgehead atoms. The highest BCUT2D eigenvalue weighted by Gasteiger charge is 2.39. The molecule has 0 N–H and O–H groups in total. The van der Waals surface area contributed by atoms with Gasteiger partial charge in [0.1, 0.15) is 29.4 Å². The topological polar surface area (TPSA) is 83.8 Å². The van der Waals surface area contributed by atoms with Crippen LogP contribution in [0.15, 0.2) is 92.8 Å². The Bertz CT molecular complexity index is 1540. The second kappa shape index (κ2) is 12.9. The van der Waals surface area contributed by atoms with Crippen molar-refractivity contribution in [3.63, 3.8) is 0 Å². The number of thioether (sulfide) groups is 1. The third kappa shape index (κ3) is 5.99. The lowest BCUT2D eigenvalue weighted by Gasteiger charge is -2.25. The maximum Gasteiger partial charge on any atom is 0.172 e. The van der Waals surface area contributed by atoms with Crippen molar-refractivity contribution in [2.45, 2.75) is 84.2 Å². The zero-order valence-electron chi connectivity index (χ0n) is 25.7. The molecule has 1 aliphatic carbocycles. The van der Waals surface area contributed by atoms with Gasteiger partial charge in [-0.15, -0.1) is 11.8 Å². The number of nitriles is 3. The van der Waals surface area contributed by atoms with E-state index < -0.39 is 5.60 Å². The number of ether oxygens (including phenoxy) is 1. The van der Waals surface area contributed by atoms with E-state index in [1.54, 1.807) is 0 Å². The summed E-state index contributed by atoms with van der Waals surface area (Å²) in [4.78, 5) is 3.64. The molecule has 42 heavy (non-hydrogen) atoms. The summed E-state index contributed by atoms with van der Waals surface area (Å²) >= 11 is 1.94. The number of likely N-dealkylation sites (N-methyl/N-ethyl adjacent to an activating group) is 1. The van der Waals surface area contributed by atoms with E-state index in [4.69, 9.17) is 4.74 Å². The number of rotatable bonds is 8. The molecule has 1 aromatic rings. The minimum Gasteiger partial charge on any atom is -0.480 e. The molecule has 0 saturated carbocycles. The van der Waals surface area contributed by atoms with Gasteiger partial charge in [0.2, 0.25) is 0 Å². The lowest BCUT2D eigenvalue weighted by Crippen LogP contribution is -2.22. The van der Waals surface area contributed by atoms with Gasteiger partial charge < -0.3 is 9.64 Å². The van der Waals surface area contributed by atoms with Crippen LogP contribution in [-0.2, 0) is 10.2 Å². The van der Waals surface area contributed by atoms with Gasteiger partial charge in [0.25, 0.3) is 0 Å². The fourth-order valence-electron chi connectivity index (χ4n) is 6.08. The normalized spacial score (nSPS) is 21.0. The van der Waals surface area contributed by atoms with E-state index in [9.17, 15) is 15.8 Å². The number of fused-ring (bicyclic) bond motifs is 1. The van der Waals surface area contributed by atoms with Gasteiger partial charge in [0, 0.05) is 34.3 Å². The Morgan fingerprint density at radius 1 is 1.02 bits per heavy atom. The molecule has 0 aromatic heterocycles. The van der Waals surface area contributed by atoms with Gasteiger partial charge in [-0.05, 0) is 74.1 Å². The molecule has 6 heteroatoms. The first-order chi connectivity index (χ1) is 20.1. The first kappa shape index (κ1) is 31.0. The molecular weight excluding hydrogens is 536 g/mol. The van der Waals surface area contributed by atoms with Crippen LogP contribution < -0.4 is 4.90 Å². The third-order valence-electron chi connectivity index (χ3n) is 8.37. The van der Waals surface area contributed by atoms with Crippen molar-refractivity contribution in [1.29, 1.82) is 15.8 Å². The average Bonchev–Trinajstić information content (AvgIpc) is 3.34. The van der Waals surface area contributed by atoms with E-state index in [0.717, 1.165) is 25.0 Å². The second-order valence-corrected chi connectivity index (χ2v) is 13.1. The van der Waals surface area contributed by atoms with Crippen molar-refractivity contribution >= 4 is 17.4 Å². The molecule has 0 atom stereocenters. The van der Waals surface area contributed by atoms with Gasteiger partial charge in [0.05, 0.1) is 0 Å². The predicted molar refractivity (Wildman–Crippen MR) is 172 cm³/mol.